The number of halogens is 3. The van der Waals surface area contributed by atoms with Gasteiger partial charge in [0.05, 0.1) is 6.42 Å². The van der Waals surface area contributed by atoms with Gasteiger partial charge in [-0.2, -0.15) is 13.2 Å². The highest BCUT2D eigenvalue weighted by atomic mass is 19.4. The largest absolute Gasteiger partial charge is 0.390 e. The van der Waals surface area contributed by atoms with Gasteiger partial charge < -0.3 is 10.6 Å². The van der Waals surface area contributed by atoms with Crippen LogP contribution in [-0.4, -0.2) is 25.7 Å². The van der Waals surface area contributed by atoms with Crippen molar-refractivity contribution in [2.45, 2.75) is 19.1 Å². The number of rotatable bonds is 4. The van der Waals surface area contributed by atoms with Gasteiger partial charge in [-0.1, -0.05) is 42.5 Å². The molecule has 0 unspecified atom stereocenters. The van der Waals surface area contributed by atoms with Gasteiger partial charge in [0.1, 0.15) is 0 Å². The third kappa shape index (κ3) is 4.65. The third-order valence-electron chi connectivity index (χ3n) is 3.25. The molecule has 2 N–H and O–H groups in total. The van der Waals surface area contributed by atoms with Gasteiger partial charge in [0.25, 0.3) is 0 Å². The minimum absolute atomic E-state index is 0.196. The summed E-state index contributed by atoms with van der Waals surface area (Å²) in [6.07, 6.45) is -5.05. The van der Waals surface area contributed by atoms with E-state index in [-0.39, 0.29) is 6.54 Å². The van der Waals surface area contributed by atoms with E-state index in [0.717, 1.165) is 16.3 Å². The Morgan fingerprint density at radius 3 is 2.50 bits per heavy atom. The molecule has 2 rings (SSSR count). The van der Waals surface area contributed by atoms with Crippen molar-refractivity contribution < 1.29 is 13.2 Å². The van der Waals surface area contributed by atoms with Gasteiger partial charge in [0, 0.05) is 20.1 Å². The first-order valence-corrected chi connectivity index (χ1v) is 6.97. The van der Waals surface area contributed by atoms with E-state index in [4.69, 9.17) is 0 Å². The summed E-state index contributed by atoms with van der Waals surface area (Å²) in [7, 11) is 1.53. The summed E-state index contributed by atoms with van der Waals surface area (Å²) < 4.78 is 36.4. The van der Waals surface area contributed by atoms with E-state index in [9.17, 15) is 13.2 Å². The van der Waals surface area contributed by atoms with Gasteiger partial charge in [-0.05, 0) is 16.3 Å². The maximum atomic E-state index is 12.1. The van der Waals surface area contributed by atoms with Crippen molar-refractivity contribution >= 4 is 16.7 Å². The third-order valence-corrected chi connectivity index (χ3v) is 3.25. The predicted molar refractivity (Wildman–Crippen MR) is 82.8 cm³/mol. The Kier molecular flexibility index (Phi) is 5.25. The summed E-state index contributed by atoms with van der Waals surface area (Å²) in [5.41, 5.74) is 1.07. The Bertz CT molecular complexity index is 645. The van der Waals surface area contributed by atoms with Crippen molar-refractivity contribution in [2.75, 3.05) is 13.6 Å². The summed E-state index contributed by atoms with van der Waals surface area (Å²) in [4.78, 5) is 3.93. The molecular weight excluding hydrogens is 291 g/mol. The molecule has 0 aromatic heterocycles. The van der Waals surface area contributed by atoms with Gasteiger partial charge in [-0.15, -0.1) is 0 Å². The number of alkyl halides is 3. The van der Waals surface area contributed by atoms with Crippen LogP contribution in [0.15, 0.2) is 47.5 Å². The van der Waals surface area contributed by atoms with E-state index in [1.165, 1.54) is 7.05 Å². The van der Waals surface area contributed by atoms with Crippen LogP contribution in [0.3, 0.4) is 0 Å². The van der Waals surface area contributed by atoms with E-state index >= 15 is 0 Å². The van der Waals surface area contributed by atoms with E-state index < -0.39 is 12.6 Å². The van der Waals surface area contributed by atoms with Crippen LogP contribution in [0.25, 0.3) is 10.8 Å². The summed E-state index contributed by atoms with van der Waals surface area (Å²) in [5, 5.41) is 7.94. The first-order chi connectivity index (χ1) is 10.5. The average Bonchev–Trinajstić information content (AvgIpc) is 2.49. The van der Waals surface area contributed by atoms with Crippen LogP contribution in [0, 0.1) is 0 Å². The predicted octanol–water partition coefficient (Wildman–Crippen LogP) is 3.46. The fraction of sp³-hybridized carbons (Fsp3) is 0.312. The second kappa shape index (κ2) is 7.15. The van der Waals surface area contributed by atoms with Crippen LogP contribution in [0.5, 0.6) is 0 Å². The Balaban J connectivity index is 1.95. The highest BCUT2D eigenvalue weighted by molar-refractivity contribution is 5.86. The molecule has 2 aromatic carbocycles. The lowest BCUT2D eigenvalue weighted by atomic mass is 10.0. The first-order valence-electron chi connectivity index (χ1n) is 6.97. The summed E-state index contributed by atoms with van der Waals surface area (Å²) in [6, 6.07) is 13.9. The number of hydrogen-bond acceptors (Lipinski definition) is 1. The second-order valence-corrected chi connectivity index (χ2v) is 4.86. The first kappa shape index (κ1) is 16.1. The molecule has 6 heteroatoms. The van der Waals surface area contributed by atoms with Crippen molar-refractivity contribution in [1.29, 1.82) is 0 Å². The number of aliphatic imine (C=N–C) groups is 1. The van der Waals surface area contributed by atoms with Crippen molar-refractivity contribution in [3.63, 3.8) is 0 Å². The van der Waals surface area contributed by atoms with Crippen LogP contribution < -0.4 is 10.6 Å². The fourth-order valence-electron chi connectivity index (χ4n) is 2.17. The zero-order chi connectivity index (χ0) is 16.0. The Hall–Kier alpha value is -2.24. The number of guanidine groups is 1. The minimum atomic E-state index is -4.17. The molecule has 0 atom stereocenters. The normalized spacial score (nSPS) is 12.5. The Morgan fingerprint density at radius 1 is 1.05 bits per heavy atom. The molecular formula is C16H18F3N3. The number of nitrogens with one attached hydrogen (secondary N) is 2. The van der Waals surface area contributed by atoms with Gasteiger partial charge in [0.2, 0.25) is 0 Å². The number of nitrogens with zero attached hydrogens (tertiary/aromatic N) is 1. The standard InChI is InChI=1S/C16H18F3N3/c1-20-15(21-10-9-16(17,18)19)22-11-13-7-4-6-12-5-2-3-8-14(12)13/h2-8H,9-11H2,1H3,(H2,20,21,22). The summed E-state index contributed by atoms with van der Waals surface area (Å²) in [5.74, 6) is 0.359. The van der Waals surface area contributed by atoms with Gasteiger partial charge in [-0.3, -0.25) is 4.99 Å². The number of fused-ring (bicyclic) bond motifs is 1. The highest BCUT2D eigenvalue weighted by Crippen LogP contribution is 2.19. The molecule has 0 heterocycles. The maximum absolute atomic E-state index is 12.1. The van der Waals surface area contributed by atoms with Crippen molar-refractivity contribution in [3.8, 4) is 0 Å². The topological polar surface area (TPSA) is 36.4 Å². The molecule has 0 aliphatic rings. The fourth-order valence-corrected chi connectivity index (χ4v) is 2.17. The van der Waals surface area contributed by atoms with E-state index in [1.54, 1.807) is 0 Å². The number of benzene rings is 2. The quantitative estimate of drug-likeness (QED) is 0.670. The molecule has 0 bridgehead atoms. The number of hydrogen-bond donors (Lipinski definition) is 2. The molecule has 118 valence electrons. The van der Waals surface area contributed by atoms with Crippen LogP contribution in [0.2, 0.25) is 0 Å². The SMILES string of the molecule is CN=C(NCCC(F)(F)F)NCc1cccc2ccccc12. The molecule has 0 amide bonds. The second-order valence-electron chi connectivity index (χ2n) is 4.86. The van der Waals surface area contributed by atoms with Crippen molar-refractivity contribution in [2.24, 2.45) is 4.99 Å². The van der Waals surface area contributed by atoms with Crippen LogP contribution >= 0.6 is 0 Å². The van der Waals surface area contributed by atoms with E-state index in [1.807, 2.05) is 42.5 Å². The lowest BCUT2D eigenvalue weighted by Crippen LogP contribution is -2.38. The van der Waals surface area contributed by atoms with E-state index in [0.29, 0.717) is 12.5 Å². The van der Waals surface area contributed by atoms with Crippen LogP contribution in [0.4, 0.5) is 13.2 Å². The van der Waals surface area contributed by atoms with Gasteiger partial charge in [-0.25, -0.2) is 0 Å². The zero-order valence-electron chi connectivity index (χ0n) is 12.2. The minimum Gasteiger partial charge on any atom is -0.356 e. The van der Waals surface area contributed by atoms with Crippen molar-refractivity contribution in [3.05, 3.63) is 48.0 Å². The molecule has 0 spiro atoms. The highest BCUT2D eigenvalue weighted by Gasteiger charge is 2.26. The van der Waals surface area contributed by atoms with Crippen molar-refractivity contribution in [1.82, 2.24) is 10.6 Å². The molecule has 0 saturated heterocycles. The lowest BCUT2D eigenvalue weighted by molar-refractivity contribution is -0.132. The summed E-state index contributed by atoms with van der Waals surface area (Å²) in [6.45, 7) is 0.297. The molecule has 0 aliphatic carbocycles. The van der Waals surface area contributed by atoms with Gasteiger partial charge >= 0.3 is 6.18 Å². The Morgan fingerprint density at radius 2 is 1.77 bits per heavy atom. The lowest BCUT2D eigenvalue weighted by Gasteiger charge is -2.14. The Labute approximate surface area is 127 Å². The average molecular weight is 309 g/mol. The maximum Gasteiger partial charge on any atom is 0.390 e. The molecule has 3 nitrogen and oxygen atoms in total. The van der Waals surface area contributed by atoms with Gasteiger partial charge in [0.15, 0.2) is 5.96 Å². The molecule has 0 radical (unpaired) electrons. The molecule has 0 fully saturated rings. The molecule has 0 aliphatic heterocycles. The van der Waals surface area contributed by atoms with Crippen LogP contribution in [-0.2, 0) is 6.54 Å². The summed E-state index contributed by atoms with van der Waals surface area (Å²) >= 11 is 0. The zero-order valence-corrected chi connectivity index (χ0v) is 12.2. The molecule has 0 saturated carbocycles. The molecule has 2 aromatic rings. The monoisotopic (exact) mass is 309 g/mol. The van der Waals surface area contributed by atoms with Crippen LogP contribution in [0.1, 0.15) is 12.0 Å². The molecule has 22 heavy (non-hydrogen) atoms. The van der Waals surface area contributed by atoms with E-state index in [2.05, 4.69) is 15.6 Å². The smallest absolute Gasteiger partial charge is 0.356 e.